The number of halogens is 1. The molecule has 0 fully saturated rings. The Morgan fingerprint density at radius 1 is 0.960 bits per heavy atom. The number of phenols is 1. The van der Waals surface area contributed by atoms with Gasteiger partial charge in [-0.3, -0.25) is 0 Å². The summed E-state index contributed by atoms with van der Waals surface area (Å²) in [5.74, 6) is 0.283. The third-order valence-electron chi connectivity index (χ3n) is 5.64. The first kappa shape index (κ1) is 18.1. The summed E-state index contributed by atoms with van der Waals surface area (Å²) in [6, 6.07) is 11.7. The second kappa shape index (κ2) is 6.21. The Morgan fingerprint density at radius 2 is 1.48 bits per heavy atom. The van der Waals surface area contributed by atoms with Crippen LogP contribution in [-0.4, -0.2) is 5.11 Å². The number of benzene rings is 2. The van der Waals surface area contributed by atoms with Crippen molar-refractivity contribution < 1.29 is 5.11 Å². The van der Waals surface area contributed by atoms with E-state index in [0.29, 0.717) is 0 Å². The minimum Gasteiger partial charge on any atom is -0.508 e. The van der Waals surface area contributed by atoms with E-state index in [1.54, 1.807) is 12.1 Å². The summed E-state index contributed by atoms with van der Waals surface area (Å²) in [7, 11) is 0. The van der Waals surface area contributed by atoms with Crippen LogP contribution in [0.1, 0.15) is 69.7 Å². The maximum Gasteiger partial charge on any atom is 0.115 e. The summed E-state index contributed by atoms with van der Waals surface area (Å²) in [6.07, 6.45) is 4.49. The summed E-state index contributed by atoms with van der Waals surface area (Å²) in [4.78, 5) is 0. The molecular formula is C23H27ClO. The van der Waals surface area contributed by atoms with Crippen molar-refractivity contribution in [3.63, 3.8) is 0 Å². The minimum atomic E-state index is 0.168. The lowest BCUT2D eigenvalue weighted by Gasteiger charge is -2.42. The molecule has 1 aliphatic carbocycles. The molecule has 0 radical (unpaired) electrons. The van der Waals surface area contributed by atoms with Crippen LogP contribution in [0, 0.1) is 0 Å². The number of phenolic OH excluding ortho intramolecular Hbond substituents is 1. The molecule has 25 heavy (non-hydrogen) atoms. The Bertz CT molecular complexity index is 826. The molecule has 0 atom stereocenters. The van der Waals surface area contributed by atoms with Crippen LogP contribution in [-0.2, 0) is 10.8 Å². The first-order valence-electron chi connectivity index (χ1n) is 8.92. The van der Waals surface area contributed by atoms with E-state index in [4.69, 9.17) is 11.6 Å². The number of hydrogen-bond donors (Lipinski definition) is 1. The molecular weight excluding hydrogens is 328 g/mol. The van der Waals surface area contributed by atoms with Gasteiger partial charge < -0.3 is 5.11 Å². The van der Waals surface area contributed by atoms with E-state index < -0.39 is 0 Å². The van der Waals surface area contributed by atoms with Crippen LogP contribution in [0.4, 0.5) is 0 Å². The monoisotopic (exact) mass is 354 g/mol. The summed E-state index contributed by atoms with van der Waals surface area (Å²) in [6.45, 7) is 11.4. The largest absolute Gasteiger partial charge is 0.508 e. The molecule has 1 N–H and O–H groups in total. The first-order valence-corrected chi connectivity index (χ1v) is 9.30. The van der Waals surface area contributed by atoms with Crippen molar-refractivity contribution in [1.82, 2.24) is 0 Å². The molecule has 0 spiro atoms. The van der Waals surface area contributed by atoms with Gasteiger partial charge in [-0.1, -0.05) is 57.5 Å². The second-order valence-corrected chi connectivity index (χ2v) is 8.97. The topological polar surface area (TPSA) is 20.2 Å². The summed E-state index contributed by atoms with van der Waals surface area (Å²) < 4.78 is 0. The molecule has 0 aromatic heterocycles. The van der Waals surface area contributed by atoms with Gasteiger partial charge in [-0.05, 0) is 82.7 Å². The maximum absolute atomic E-state index is 9.45. The maximum atomic E-state index is 9.45. The molecule has 1 aliphatic rings. The van der Waals surface area contributed by atoms with Gasteiger partial charge in [0.15, 0.2) is 0 Å². The van der Waals surface area contributed by atoms with Crippen LogP contribution in [0.15, 0.2) is 36.4 Å². The van der Waals surface area contributed by atoms with Crippen LogP contribution in [0.25, 0.3) is 11.6 Å². The lowest BCUT2D eigenvalue weighted by atomic mass is 9.63. The Balaban J connectivity index is 2.10. The molecule has 0 bridgehead atoms. The molecule has 132 valence electrons. The molecule has 2 aromatic carbocycles. The number of fused-ring (bicyclic) bond motifs is 1. The van der Waals surface area contributed by atoms with E-state index in [2.05, 4.69) is 52.8 Å². The van der Waals surface area contributed by atoms with Gasteiger partial charge in [-0.15, -0.1) is 0 Å². The quantitative estimate of drug-likeness (QED) is 0.578. The van der Waals surface area contributed by atoms with Gasteiger partial charge in [-0.2, -0.15) is 0 Å². The second-order valence-electron chi connectivity index (χ2n) is 8.56. The fraction of sp³-hybridized carbons (Fsp3) is 0.391. The van der Waals surface area contributed by atoms with Crippen LogP contribution in [0.2, 0.25) is 5.02 Å². The fourth-order valence-corrected chi connectivity index (χ4v) is 4.10. The molecule has 1 nitrogen and oxygen atoms in total. The van der Waals surface area contributed by atoms with E-state index in [-0.39, 0.29) is 16.6 Å². The molecule has 0 aliphatic heterocycles. The smallest absolute Gasteiger partial charge is 0.115 e. The Kier molecular flexibility index (Phi) is 4.49. The van der Waals surface area contributed by atoms with Crippen LogP contribution >= 0.6 is 11.6 Å². The standard InChI is InChI=1S/C23H27ClO/c1-15(12-16-6-8-17(25)9-7-16)18-13-19-20(14-21(18)24)23(4,5)11-10-22(19,2)3/h6-9,12-14,25H,10-11H2,1-5H3/b15-12+. The van der Waals surface area contributed by atoms with Crippen LogP contribution in [0.5, 0.6) is 5.75 Å². The fourth-order valence-electron chi connectivity index (χ4n) is 3.79. The summed E-state index contributed by atoms with van der Waals surface area (Å²) in [5.41, 5.74) is 6.43. The number of aromatic hydroxyl groups is 1. The van der Waals surface area contributed by atoms with Crippen molar-refractivity contribution in [2.24, 2.45) is 0 Å². The lowest BCUT2D eigenvalue weighted by Crippen LogP contribution is -2.34. The third kappa shape index (κ3) is 3.48. The summed E-state index contributed by atoms with van der Waals surface area (Å²) >= 11 is 6.69. The van der Waals surface area contributed by atoms with Gasteiger partial charge >= 0.3 is 0 Å². The van der Waals surface area contributed by atoms with Gasteiger partial charge in [0.2, 0.25) is 0 Å². The Labute approximate surface area is 156 Å². The Hall–Kier alpha value is -1.73. The number of allylic oxidation sites excluding steroid dienone is 1. The zero-order chi connectivity index (χ0) is 18.4. The number of rotatable bonds is 2. The van der Waals surface area contributed by atoms with Crippen molar-refractivity contribution >= 4 is 23.3 Å². The highest BCUT2D eigenvalue weighted by Gasteiger charge is 2.37. The molecule has 0 amide bonds. The third-order valence-corrected chi connectivity index (χ3v) is 5.95. The van der Waals surface area contributed by atoms with E-state index in [0.717, 1.165) is 21.7 Å². The SMILES string of the molecule is C/C(=C\c1ccc(O)cc1)c1cc2c(cc1Cl)C(C)(C)CCC2(C)C. The van der Waals surface area contributed by atoms with Crippen molar-refractivity contribution in [3.05, 3.63) is 63.7 Å². The minimum absolute atomic E-state index is 0.168. The molecule has 3 rings (SSSR count). The molecule has 0 saturated carbocycles. The highest BCUT2D eigenvalue weighted by atomic mass is 35.5. The van der Waals surface area contributed by atoms with E-state index >= 15 is 0 Å². The van der Waals surface area contributed by atoms with Gasteiger partial charge in [0.1, 0.15) is 5.75 Å². The van der Waals surface area contributed by atoms with Crippen molar-refractivity contribution in [3.8, 4) is 5.75 Å². The number of hydrogen-bond acceptors (Lipinski definition) is 1. The van der Waals surface area contributed by atoms with Gasteiger partial charge in [0.25, 0.3) is 0 Å². The average molecular weight is 355 g/mol. The zero-order valence-corrected chi connectivity index (χ0v) is 16.5. The predicted octanol–water partition coefficient (Wildman–Crippen LogP) is 6.96. The zero-order valence-electron chi connectivity index (χ0n) is 15.8. The van der Waals surface area contributed by atoms with Crippen molar-refractivity contribution in [2.75, 3.05) is 0 Å². The van der Waals surface area contributed by atoms with Crippen LogP contribution < -0.4 is 0 Å². The highest BCUT2D eigenvalue weighted by molar-refractivity contribution is 6.32. The van der Waals surface area contributed by atoms with E-state index in [9.17, 15) is 5.11 Å². The average Bonchev–Trinajstić information content (AvgIpc) is 2.54. The van der Waals surface area contributed by atoms with Gasteiger partial charge in [0, 0.05) is 5.02 Å². The summed E-state index contributed by atoms with van der Waals surface area (Å²) in [5, 5.41) is 10.3. The predicted molar refractivity (Wildman–Crippen MR) is 108 cm³/mol. The molecule has 0 saturated heterocycles. The highest BCUT2D eigenvalue weighted by Crippen LogP contribution is 2.47. The molecule has 0 heterocycles. The molecule has 2 aromatic rings. The van der Waals surface area contributed by atoms with Crippen LogP contribution in [0.3, 0.4) is 0 Å². The normalized spacial score (nSPS) is 18.7. The molecule has 2 heteroatoms. The first-order chi connectivity index (χ1) is 11.6. The Morgan fingerprint density at radius 3 is 2.04 bits per heavy atom. The van der Waals surface area contributed by atoms with E-state index in [1.807, 2.05) is 12.1 Å². The van der Waals surface area contributed by atoms with Crippen molar-refractivity contribution in [1.29, 1.82) is 0 Å². The van der Waals surface area contributed by atoms with E-state index in [1.165, 1.54) is 24.0 Å². The van der Waals surface area contributed by atoms with Crippen molar-refractivity contribution in [2.45, 2.75) is 58.3 Å². The molecule has 0 unspecified atom stereocenters. The van der Waals surface area contributed by atoms with Gasteiger partial charge in [0.05, 0.1) is 0 Å². The lowest BCUT2D eigenvalue weighted by molar-refractivity contribution is 0.332. The van der Waals surface area contributed by atoms with Gasteiger partial charge in [-0.25, -0.2) is 0 Å².